The van der Waals surface area contributed by atoms with Gasteiger partial charge in [0.1, 0.15) is 11.0 Å². The first kappa shape index (κ1) is 32.3. The van der Waals surface area contributed by atoms with Crippen molar-refractivity contribution >= 4 is 59.5 Å². The number of thioether (sulfide) groups is 1. The Balaban J connectivity index is 1.62. The van der Waals surface area contributed by atoms with Crippen molar-refractivity contribution in [2.24, 2.45) is 5.41 Å². The molecule has 15 nitrogen and oxygen atoms in total. The number of phosphoric ester groups is 1. The fraction of sp³-hybridized carbons (Fsp3) is 0.682. The van der Waals surface area contributed by atoms with E-state index in [1.54, 1.807) is 32.3 Å². The Morgan fingerprint density at radius 3 is 2.75 bits per heavy atom. The van der Waals surface area contributed by atoms with Crippen molar-refractivity contribution in [1.82, 2.24) is 24.8 Å². The van der Waals surface area contributed by atoms with Crippen LogP contribution < -0.4 is 15.8 Å². The maximum atomic E-state index is 13.2. The van der Waals surface area contributed by atoms with Gasteiger partial charge in [0.2, 0.25) is 11.8 Å². The molecule has 3 rings (SSSR count). The van der Waals surface area contributed by atoms with Gasteiger partial charge in [0, 0.05) is 19.4 Å². The van der Waals surface area contributed by atoms with Gasteiger partial charge in [0.25, 0.3) is 0 Å². The zero-order chi connectivity index (χ0) is 29.7. The Labute approximate surface area is 240 Å². The van der Waals surface area contributed by atoms with E-state index in [1.807, 2.05) is 0 Å². The van der Waals surface area contributed by atoms with Crippen LogP contribution in [-0.2, 0) is 32.4 Å². The minimum absolute atomic E-state index is 0.0171. The Kier molecular flexibility index (Phi) is 10.7. The molecule has 1 amide bonds. The maximum absolute atomic E-state index is 13.2. The first-order valence-corrected chi connectivity index (χ1v) is 15.0. The van der Waals surface area contributed by atoms with Gasteiger partial charge in [0.15, 0.2) is 22.5 Å². The Morgan fingerprint density at radius 1 is 1.38 bits per heavy atom. The van der Waals surface area contributed by atoms with E-state index in [2.05, 4.69) is 25.0 Å². The smallest absolute Gasteiger partial charge is 0.474 e. The van der Waals surface area contributed by atoms with Gasteiger partial charge in [0.05, 0.1) is 38.7 Å². The largest absolute Gasteiger partial charge is 0.476 e. The number of hydrogen-bond acceptors (Lipinski definition) is 14. The van der Waals surface area contributed by atoms with E-state index in [9.17, 15) is 14.2 Å². The van der Waals surface area contributed by atoms with E-state index in [0.29, 0.717) is 17.8 Å². The predicted octanol–water partition coefficient (Wildman–Crippen LogP) is 3.13. The van der Waals surface area contributed by atoms with E-state index in [4.69, 9.17) is 40.4 Å². The third-order valence-electron chi connectivity index (χ3n) is 5.92. The summed E-state index contributed by atoms with van der Waals surface area (Å²) in [6, 6.07) is 0. The molecule has 3 heterocycles. The van der Waals surface area contributed by atoms with Crippen molar-refractivity contribution < 1.29 is 41.9 Å². The second kappa shape index (κ2) is 13.2. The monoisotopic (exact) mass is 624 g/mol. The number of carbonyl (C=O) groups excluding carboxylic acids is 2. The van der Waals surface area contributed by atoms with Crippen molar-refractivity contribution in [3.05, 3.63) is 6.33 Å². The van der Waals surface area contributed by atoms with Crippen molar-refractivity contribution in [3.8, 4) is 5.88 Å². The minimum atomic E-state index is -4.09. The standard InChI is InChI=1S/C22H34ClN6O9PS/c1-7-35-16-14-15(27-19(24)28-16)29(12-26-14)17-22(4,23)13(10-36-17)38-39(32,34-6)37-8-9-40-18(30)21(2,3)11-25-20(31)33-5/h12-13,17H,7-11H2,1-6H3,(H,25,31)(H2,24,27,28)/t13-,17-,22-,39-/m1/s1. The molecular formula is C22H34ClN6O9PS. The summed E-state index contributed by atoms with van der Waals surface area (Å²) in [4.78, 5) is 35.3. The highest BCUT2D eigenvalue weighted by atomic mass is 35.5. The van der Waals surface area contributed by atoms with Crippen LogP contribution in [0.3, 0.4) is 0 Å². The van der Waals surface area contributed by atoms with E-state index < -0.39 is 36.5 Å². The average molecular weight is 625 g/mol. The summed E-state index contributed by atoms with van der Waals surface area (Å²) < 4.78 is 47.0. The molecule has 0 aliphatic carbocycles. The summed E-state index contributed by atoms with van der Waals surface area (Å²) in [5.41, 5.74) is 5.70. The second-order valence-corrected chi connectivity index (χ2v) is 13.0. The molecule has 0 radical (unpaired) electrons. The van der Waals surface area contributed by atoms with Crippen LogP contribution in [-0.4, -0.2) is 88.0 Å². The summed E-state index contributed by atoms with van der Waals surface area (Å²) in [5, 5.41) is 2.30. The fourth-order valence-electron chi connectivity index (χ4n) is 3.66. The number of hydrogen-bond donors (Lipinski definition) is 2. The molecule has 0 bridgehead atoms. The SMILES string of the molecule is CCOc1nc(N)nc2c1ncn2[C@@H]1OC[C@@H](O[P@](=O)(OC)OCCSC(=O)C(C)(C)CNC(=O)OC)[C@@]1(C)Cl. The van der Waals surface area contributed by atoms with E-state index in [1.165, 1.54) is 20.5 Å². The van der Waals surface area contributed by atoms with Gasteiger partial charge in [-0.25, -0.2) is 14.3 Å². The fourth-order valence-corrected chi connectivity index (χ4v) is 6.10. The number of carbonyl (C=O) groups is 2. The van der Waals surface area contributed by atoms with E-state index in [0.717, 1.165) is 11.8 Å². The number of aromatic nitrogens is 4. The number of nitrogens with one attached hydrogen (secondary N) is 1. The van der Waals surface area contributed by atoms with Crippen LogP contribution in [0.4, 0.5) is 10.7 Å². The number of fused-ring (bicyclic) bond motifs is 1. The van der Waals surface area contributed by atoms with Gasteiger partial charge >= 0.3 is 13.9 Å². The minimum Gasteiger partial charge on any atom is -0.476 e. The molecule has 40 heavy (non-hydrogen) atoms. The number of halogens is 1. The lowest BCUT2D eigenvalue weighted by Gasteiger charge is -2.30. The summed E-state index contributed by atoms with van der Waals surface area (Å²) in [5.74, 6) is 0.364. The van der Waals surface area contributed by atoms with Crippen LogP contribution >= 0.6 is 31.2 Å². The summed E-state index contributed by atoms with van der Waals surface area (Å²) in [6.45, 7) is 7.08. The quantitative estimate of drug-likeness (QED) is 0.188. The molecule has 224 valence electrons. The number of ether oxygens (including phenoxy) is 3. The van der Waals surface area contributed by atoms with E-state index >= 15 is 0 Å². The number of anilines is 1. The molecule has 0 aromatic carbocycles. The van der Waals surface area contributed by atoms with Crippen LogP contribution in [0.5, 0.6) is 5.88 Å². The molecule has 3 N–H and O–H groups in total. The normalized spacial score (nSPS) is 22.7. The average Bonchev–Trinajstić information content (AvgIpc) is 3.44. The molecule has 0 saturated carbocycles. The number of alkyl halides is 1. The van der Waals surface area contributed by atoms with Crippen LogP contribution in [0.15, 0.2) is 6.33 Å². The Morgan fingerprint density at radius 2 is 2.10 bits per heavy atom. The van der Waals surface area contributed by atoms with Gasteiger partial charge in [-0.1, -0.05) is 25.6 Å². The van der Waals surface area contributed by atoms with Crippen molar-refractivity contribution in [2.45, 2.75) is 44.9 Å². The third-order valence-corrected chi connectivity index (χ3v) is 8.99. The highest BCUT2D eigenvalue weighted by Gasteiger charge is 2.52. The highest BCUT2D eigenvalue weighted by molar-refractivity contribution is 8.13. The lowest BCUT2D eigenvalue weighted by atomic mass is 9.96. The first-order valence-electron chi connectivity index (χ1n) is 12.2. The van der Waals surface area contributed by atoms with Crippen molar-refractivity contribution in [1.29, 1.82) is 0 Å². The van der Waals surface area contributed by atoms with Gasteiger partial charge in [-0.3, -0.25) is 22.9 Å². The number of alkyl carbamates (subject to hydrolysis) is 1. The second-order valence-electron chi connectivity index (χ2n) is 9.40. The van der Waals surface area contributed by atoms with E-state index in [-0.39, 0.29) is 42.5 Å². The van der Waals surface area contributed by atoms with Gasteiger partial charge < -0.3 is 25.3 Å². The summed E-state index contributed by atoms with van der Waals surface area (Å²) in [7, 11) is -1.67. The lowest BCUT2D eigenvalue weighted by molar-refractivity contribution is -0.117. The topological polar surface area (TPSA) is 188 Å². The summed E-state index contributed by atoms with van der Waals surface area (Å²) >= 11 is 7.85. The van der Waals surface area contributed by atoms with Crippen LogP contribution in [0.1, 0.15) is 33.9 Å². The zero-order valence-corrected chi connectivity index (χ0v) is 25.5. The number of amides is 1. The lowest BCUT2D eigenvalue weighted by Crippen LogP contribution is -2.38. The van der Waals surface area contributed by atoms with Gasteiger partial charge in [-0.2, -0.15) is 9.97 Å². The van der Waals surface area contributed by atoms with Crippen LogP contribution in [0.2, 0.25) is 0 Å². The molecule has 2 aromatic heterocycles. The summed E-state index contributed by atoms with van der Waals surface area (Å²) in [6.07, 6.45) is -0.929. The van der Waals surface area contributed by atoms with Crippen molar-refractivity contribution in [2.75, 3.05) is 52.1 Å². The first-order chi connectivity index (χ1) is 18.8. The van der Waals surface area contributed by atoms with Crippen LogP contribution in [0, 0.1) is 5.41 Å². The predicted molar refractivity (Wildman–Crippen MR) is 147 cm³/mol. The number of rotatable bonds is 13. The molecule has 1 fully saturated rings. The molecule has 1 aliphatic rings. The number of nitrogens with two attached hydrogens (primary N) is 1. The number of imidazole rings is 1. The number of methoxy groups -OCH3 is 1. The molecule has 1 aliphatic heterocycles. The molecule has 0 unspecified atom stereocenters. The van der Waals surface area contributed by atoms with Gasteiger partial charge in [-0.05, 0) is 13.8 Å². The molecule has 1 saturated heterocycles. The number of nitrogens with zero attached hydrogens (tertiary/aromatic N) is 4. The molecule has 18 heteroatoms. The highest BCUT2D eigenvalue weighted by Crippen LogP contribution is 2.55. The molecular weight excluding hydrogens is 591 g/mol. The molecule has 0 spiro atoms. The van der Waals surface area contributed by atoms with Crippen molar-refractivity contribution in [3.63, 3.8) is 0 Å². The number of phosphoric acid groups is 1. The third kappa shape index (κ3) is 7.35. The van der Waals surface area contributed by atoms with Crippen LogP contribution in [0.25, 0.3) is 11.2 Å². The zero-order valence-electron chi connectivity index (χ0n) is 23.0. The Hall–Kier alpha value is -2.20. The maximum Gasteiger partial charge on any atom is 0.474 e. The Bertz CT molecular complexity index is 1260. The molecule has 4 atom stereocenters. The van der Waals surface area contributed by atoms with Gasteiger partial charge in [-0.15, -0.1) is 11.6 Å². The number of nitrogen functional groups attached to an aromatic ring is 1. The molecule has 2 aromatic rings.